The molecule has 3 N–H and O–H groups in total. The molecule has 3 rings (SSSR count). The number of ether oxygens (including phenoxy) is 3. The van der Waals surface area contributed by atoms with Crippen molar-refractivity contribution in [1.29, 1.82) is 0 Å². The summed E-state index contributed by atoms with van der Waals surface area (Å²) in [7, 11) is 1.61. The summed E-state index contributed by atoms with van der Waals surface area (Å²) in [5.41, 5.74) is 1.99. The van der Waals surface area contributed by atoms with Gasteiger partial charge in [0.05, 0.1) is 26.9 Å². The number of morpholine rings is 1. The first kappa shape index (κ1) is 27.8. The summed E-state index contributed by atoms with van der Waals surface area (Å²) in [4.78, 5) is 45.5. The highest BCUT2D eigenvalue weighted by molar-refractivity contribution is 7.15. The van der Waals surface area contributed by atoms with Crippen LogP contribution in [0.1, 0.15) is 23.7 Å². The SMILES string of the molecule is CCOC(=O)c1c(-c2ccc(OC)cc2)csc1NC(=O)CCN1CCOCC1.O=C(O)C(=O)O. The van der Waals surface area contributed by atoms with Crippen molar-refractivity contribution in [2.24, 2.45) is 0 Å². The van der Waals surface area contributed by atoms with Crippen molar-refractivity contribution in [3.63, 3.8) is 0 Å². The van der Waals surface area contributed by atoms with Gasteiger partial charge in [0.1, 0.15) is 16.3 Å². The monoisotopic (exact) mass is 508 g/mol. The van der Waals surface area contributed by atoms with Gasteiger partial charge in [-0.2, -0.15) is 0 Å². The largest absolute Gasteiger partial charge is 0.497 e. The molecule has 0 atom stereocenters. The molecular weight excluding hydrogens is 480 g/mol. The Bertz CT molecular complexity index is 1000. The molecule has 2 heterocycles. The molecule has 2 aromatic rings. The van der Waals surface area contributed by atoms with Crippen LogP contribution in [0, 0.1) is 0 Å². The number of thiophene rings is 1. The number of carbonyl (C=O) groups is 4. The van der Waals surface area contributed by atoms with E-state index in [1.807, 2.05) is 29.6 Å². The number of nitrogens with zero attached hydrogens (tertiary/aromatic N) is 1. The molecule has 1 aliphatic heterocycles. The molecular formula is C23H28N2O9S. The predicted molar refractivity (Wildman–Crippen MR) is 128 cm³/mol. The van der Waals surface area contributed by atoms with Crippen LogP contribution in [0.2, 0.25) is 0 Å². The van der Waals surface area contributed by atoms with Gasteiger partial charge in [-0.15, -0.1) is 11.3 Å². The molecule has 11 nitrogen and oxygen atoms in total. The molecule has 1 aliphatic rings. The number of rotatable bonds is 8. The molecule has 0 radical (unpaired) electrons. The van der Waals surface area contributed by atoms with E-state index in [0.29, 0.717) is 36.7 Å². The molecule has 1 aromatic heterocycles. The Balaban J connectivity index is 0.000000641. The van der Waals surface area contributed by atoms with Crippen molar-refractivity contribution in [3.8, 4) is 16.9 Å². The van der Waals surface area contributed by atoms with Crippen LogP contribution < -0.4 is 10.1 Å². The average molecular weight is 509 g/mol. The van der Waals surface area contributed by atoms with Gasteiger partial charge in [-0.25, -0.2) is 14.4 Å². The maximum atomic E-state index is 12.6. The van der Waals surface area contributed by atoms with Crippen molar-refractivity contribution in [1.82, 2.24) is 4.90 Å². The standard InChI is InChI=1S/C21H26N2O5S.C2H2O4/c1-3-28-21(25)19-17(15-4-6-16(26-2)7-5-15)14-29-20(19)22-18(24)8-9-23-10-12-27-13-11-23;3-1(4)2(5)6/h4-7,14H,3,8-13H2,1-2H3,(H,22,24);(H,3,4)(H,5,6). The first-order valence-electron chi connectivity index (χ1n) is 10.8. The fourth-order valence-corrected chi connectivity index (χ4v) is 4.09. The van der Waals surface area contributed by atoms with Crippen molar-refractivity contribution >= 4 is 40.2 Å². The molecule has 0 saturated carbocycles. The molecule has 0 aliphatic carbocycles. The topological polar surface area (TPSA) is 152 Å². The second kappa shape index (κ2) is 14.0. The quantitative estimate of drug-likeness (QED) is 0.358. The van der Waals surface area contributed by atoms with Crippen LogP contribution in [0.25, 0.3) is 11.1 Å². The molecule has 1 amide bonds. The van der Waals surface area contributed by atoms with Gasteiger partial charge in [-0.05, 0) is 24.6 Å². The van der Waals surface area contributed by atoms with E-state index >= 15 is 0 Å². The normalized spacial score (nSPS) is 13.2. The number of carbonyl (C=O) groups excluding carboxylic acids is 2. The Morgan fingerprint density at radius 1 is 1.09 bits per heavy atom. The molecule has 190 valence electrons. The van der Waals surface area contributed by atoms with Crippen LogP contribution in [0.5, 0.6) is 5.75 Å². The zero-order valence-corrected chi connectivity index (χ0v) is 20.3. The number of amides is 1. The van der Waals surface area contributed by atoms with Gasteiger partial charge in [0.25, 0.3) is 0 Å². The highest BCUT2D eigenvalue weighted by Crippen LogP contribution is 2.37. The van der Waals surface area contributed by atoms with E-state index in [0.717, 1.165) is 30.0 Å². The number of anilines is 1. The highest BCUT2D eigenvalue weighted by Gasteiger charge is 2.23. The summed E-state index contributed by atoms with van der Waals surface area (Å²) in [6.07, 6.45) is 0.359. The number of benzene rings is 1. The molecule has 0 bridgehead atoms. The number of nitrogens with one attached hydrogen (secondary N) is 1. The van der Waals surface area contributed by atoms with E-state index in [-0.39, 0.29) is 12.5 Å². The Kier molecular flexibility index (Phi) is 11.1. The highest BCUT2D eigenvalue weighted by atomic mass is 32.1. The Morgan fingerprint density at radius 2 is 1.71 bits per heavy atom. The summed E-state index contributed by atoms with van der Waals surface area (Å²) < 4.78 is 15.8. The van der Waals surface area contributed by atoms with Gasteiger partial charge >= 0.3 is 17.9 Å². The molecule has 1 fully saturated rings. The van der Waals surface area contributed by atoms with Crippen LogP contribution in [0.3, 0.4) is 0 Å². The first-order valence-corrected chi connectivity index (χ1v) is 11.6. The van der Waals surface area contributed by atoms with Gasteiger partial charge in [0.2, 0.25) is 5.91 Å². The average Bonchev–Trinajstić information content (AvgIpc) is 3.27. The molecule has 1 aromatic carbocycles. The summed E-state index contributed by atoms with van der Waals surface area (Å²) in [5, 5.41) is 20.1. The lowest BCUT2D eigenvalue weighted by atomic mass is 10.0. The van der Waals surface area contributed by atoms with E-state index in [4.69, 9.17) is 34.0 Å². The lowest BCUT2D eigenvalue weighted by Gasteiger charge is -2.26. The molecule has 1 saturated heterocycles. The maximum Gasteiger partial charge on any atom is 0.414 e. The number of hydrogen-bond donors (Lipinski definition) is 3. The van der Waals surface area contributed by atoms with Crippen LogP contribution in [0.4, 0.5) is 5.00 Å². The fourth-order valence-electron chi connectivity index (χ4n) is 3.11. The van der Waals surface area contributed by atoms with E-state index < -0.39 is 17.9 Å². The third-order valence-electron chi connectivity index (χ3n) is 4.87. The molecule has 0 unspecified atom stereocenters. The number of esters is 1. The van der Waals surface area contributed by atoms with Crippen molar-refractivity contribution in [2.45, 2.75) is 13.3 Å². The molecule has 35 heavy (non-hydrogen) atoms. The van der Waals surface area contributed by atoms with Crippen LogP contribution in [-0.4, -0.2) is 85.5 Å². The Morgan fingerprint density at radius 3 is 2.26 bits per heavy atom. The Hall–Kier alpha value is -3.48. The lowest BCUT2D eigenvalue weighted by Crippen LogP contribution is -2.38. The number of aliphatic carboxylic acids is 2. The minimum Gasteiger partial charge on any atom is -0.497 e. The second-order valence-electron chi connectivity index (χ2n) is 7.16. The van der Waals surface area contributed by atoms with Crippen molar-refractivity contribution < 1.29 is 43.6 Å². The van der Waals surface area contributed by atoms with Gasteiger partial charge in [0.15, 0.2) is 0 Å². The lowest BCUT2D eigenvalue weighted by molar-refractivity contribution is -0.159. The Labute approximate surface area is 206 Å². The first-order chi connectivity index (χ1) is 16.8. The maximum absolute atomic E-state index is 12.6. The van der Waals surface area contributed by atoms with Crippen LogP contribution in [-0.2, 0) is 23.9 Å². The van der Waals surface area contributed by atoms with Crippen LogP contribution >= 0.6 is 11.3 Å². The van der Waals surface area contributed by atoms with Crippen molar-refractivity contribution in [2.75, 3.05) is 51.9 Å². The van der Waals surface area contributed by atoms with Gasteiger partial charge < -0.3 is 29.7 Å². The third-order valence-corrected chi connectivity index (χ3v) is 5.76. The minimum atomic E-state index is -1.82. The zero-order chi connectivity index (χ0) is 25.8. The fraction of sp³-hybridized carbons (Fsp3) is 0.391. The predicted octanol–water partition coefficient (Wildman–Crippen LogP) is 2.42. The van der Waals surface area contributed by atoms with E-state index in [2.05, 4.69) is 10.2 Å². The van der Waals surface area contributed by atoms with Gasteiger partial charge in [-0.1, -0.05) is 12.1 Å². The number of carboxylic acid groups (broad SMARTS) is 2. The summed E-state index contributed by atoms with van der Waals surface area (Å²) in [6.45, 7) is 5.76. The van der Waals surface area contributed by atoms with E-state index in [9.17, 15) is 9.59 Å². The zero-order valence-electron chi connectivity index (χ0n) is 19.4. The number of carboxylic acids is 2. The molecule has 12 heteroatoms. The summed E-state index contributed by atoms with van der Waals surface area (Å²) in [6, 6.07) is 7.44. The molecule has 0 spiro atoms. The number of hydrogen-bond acceptors (Lipinski definition) is 9. The third kappa shape index (κ3) is 8.67. The van der Waals surface area contributed by atoms with Crippen molar-refractivity contribution in [3.05, 3.63) is 35.2 Å². The summed E-state index contributed by atoms with van der Waals surface area (Å²) >= 11 is 1.33. The number of methoxy groups -OCH3 is 1. The second-order valence-corrected chi connectivity index (χ2v) is 8.04. The van der Waals surface area contributed by atoms with Gasteiger partial charge in [0, 0.05) is 37.0 Å². The van der Waals surface area contributed by atoms with Crippen LogP contribution in [0.15, 0.2) is 29.6 Å². The summed E-state index contributed by atoms with van der Waals surface area (Å²) in [5.74, 6) is -3.48. The van der Waals surface area contributed by atoms with Gasteiger partial charge in [-0.3, -0.25) is 9.69 Å². The minimum absolute atomic E-state index is 0.120. The smallest absolute Gasteiger partial charge is 0.414 e. The van der Waals surface area contributed by atoms with E-state index in [1.54, 1.807) is 14.0 Å². The van der Waals surface area contributed by atoms with E-state index in [1.165, 1.54) is 11.3 Å².